The summed E-state index contributed by atoms with van der Waals surface area (Å²) in [4.78, 5) is 62.0. The Morgan fingerprint density at radius 3 is 1.12 bits per heavy atom. The third-order valence-corrected chi connectivity index (χ3v) is 27.4. The van der Waals surface area contributed by atoms with Crippen LogP contribution in [0.15, 0.2) is 178 Å². The Morgan fingerprint density at radius 1 is 0.419 bits per heavy atom. The second-order valence-electron chi connectivity index (χ2n) is 35.9. The van der Waals surface area contributed by atoms with E-state index >= 15 is 0 Å². The minimum absolute atomic E-state index is 0.00281. The second-order valence-corrected chi connectivity index (χ2v) is 36.7. The Hall–Kier alpha value is -12.6. The molecule has 0 bridgehead atoms. The average Bonchev–Trinajstić information content (AvgIpc) is 1.23. The van der Waals surface area contributed by atoms with Crippen molar-refractivity contribution in [2.75, 3.05) is 113 Å². The lowest BCUT2D eigenvalue weighted by Crippen LogP contribution is -2.44. The van der Waals surface area contributed by atoms with Crippen LogP contribution in [0.2, 0.25) is 10.0 Å². The lowest BCUT2D eigenvalue weighted by Gasteiger charge is -2.38. The molecule has 0 spiro atoms. The molecule has 4 fully saturated rings. The summed E-state index contributed by atoms with van der Waals surface area (Å²) in [6.07, 6.45) is 9.68. The summed E-state index contributed by atoms with van der Waals surface area (Å²) < 4.78 is 91.0. The maximum Gasteiger partial charge on any atom is 0.305 e. The molecule has 5 N–H and O–H groups in total. The van der Waals surface area contributed by atoms with Gasteiger partial charge in [0.25, 0.3) is 0 Å². The molecule has 12 atom stereocenters. The van der Waals surface area contributed by atoms with E-state index in [1.165, 1.54) is 30.5 Å². The SMILES string of the molecule is CC1=NN(c2ccc(OC3CCN(c4cc(O)ccc4F)CC3)cc2)C(CC(=O)O)C1C.CCC1C(C)=NN(c2ccc(OC3CCN(c4cc(OC)ccc4F)CC3)cc2)C1CC(=O)O.CCOc1cc(N2CCC(Oc3ccc(N4N=C(C)C(CC)C4CC(=O)O)cc3)C(C)C2)c(Cl)cn1.[2H]C([2H])([2H])Oc1cc(N2CCC(Oc3ccc(N4N=C(C)C(C)C4CC(=O)O)cc3)C(C)C2)c(Cl)cn1. The standard InChI is InChI=1S/C27H35ClN4O4.C26H32FN3O4.C25H31ClN4O4.C24H28FN3O4/c1-5-21-18(4)30-32(23(21)14-27(33)34)19-7-9-20(10-8-19)36-25-11-12-31(16-17(25)3)24-13-26(35-6-2)29-15-22(24)28;1-4-22-17(2)28-30(24(22)16-26(31)32)18-5-7-19(8-6-18)34-20-11-13-29(14-12-20)25-15-21(33-3)9-10-23(25)27;1-15-14-29(22-11-24(33-4)27-13-20(22)26)10-9-23(15)34-19-7-5-18(6-8-19)30-21(12-25(31)32)16(2)17(3)28-30;1-15-16(2)26-28(22(15)14-24(30)31)17-3-6-19(7-4-17)32-20-9-11-27(12-10-20)23-13-18(29)5-8-21(23)25/h7-10,13,15,17,21,23,25H,5-6,11-12,14,16H2,1-4H3,(H,33,34);5-10,15,20,22,24H,4,11-14,16H2,1-3H3,(H,31,32);5-8,11,13,15-16,21,23H,9-10,12,14H2,1-4H3,(H,31,32);3-8,13,15,20,22,29H,9-12,14H2,1-2H3,(H,30,31)/i;;4D3;. The van der Waals surface area contributed by atoms with E-state index in [4.69, 9.17) is 60.5 Å². The maximum absolute atomic E-state index is 14.3. The summed E-state index contributed by atoms with van der Waals surface area (Å²) in [7, 11) is -1.01. The topological polar surface area (TPSA) is 335 Å². The Bertz CT molecular complexity index is 5670. The molecule has 30 nitrogen and oxygen atoms in total. The number of anilines is 8. The predicted octanol–water partition coefficient (Wildman–Crippen LogP) is 19.4. The van der Waals surface area contributed by atoms with Gasteiger partial charge < -0.3 is 78.3 Å². The van der Waals surface area contributed by atoms with Crippen molar-refractivity contribution in [1.82, 2.24) is 9.97 Å². The first-order valence-electron chi connectivity index (χ1n) is 48.2. The zero-order valence-electron chi connectivity index (χ0n) is 81.9. The third kappa shape index (κ3) is 25.2. The summed E-state index contributed by atoms with van der Waals surface area (Å²) in [5.41, 5.74) is 9.77. The number of carboxylic acid groups (broad SMARTS) is 4. The first kappa shape index (κ1) is 96.5. The zero-order chi connectivity index (χ0) is 99.8. The van der Waals surface area contributed by atoms with Crippen LogP contribution in [-0.4, -0.2) is 204 Å². The Morgan fingerprint density at radius 2 is 0.757 bits per heavy atom. The van der Waals surface area contributed by atoms with Gasteiger partial charge in [-0.3, -0.25) is 39.2 Å². The summed E-state index contributed by atoms with van der Waals surface area (Å²) in [6.45, 7) is 28.3. The predicted molar refractivity (Wildman–Crippen MR) is 528 cm³/mol. The molecule has 0 amide bonds. The van der Waals surface area contributed by atoms with E-state index in [1.807, 2.05) is 171 Å². The Labute approximate surface area is 808 Å². The van der Waals surface area contributed by atoms with Gasteiger partial charge in [0.15, 0.2) is 0 Å². The van der Waals surface area contributed by atoms with Crippen LogP contribution in [0.3, 0.4) is 0 Å². The van der Waals surface area contributed by atoms with Gasteiger partial charge in [-0.2, -0.15) is 20.4 Å². The fourth-order valence-electron chi connectivity index (χ4n) is 19.1. The van der Waals surface area contributed by atoms with Gasteiger partial charge in [0.2, 0.25) is 11.8 Å². The number of nitrogens with zero attached hydrogens (tertiary/aromatic N) is 14. The van der Waals surface area contributed by atoms with E-state index in [9.17, 15) is 53.5 Å². The number of pyridine rings is 2. The number of piperidine rings is 4. The molecule has 6 aromatic carbocycles. The van der Waals surface area contributed by atoms with E-state index in [0.717, 1.165) is 139 Å². The molecule has 136 heavy (non-hydrogen) atoms. The molecule has 8 aromatic rings. The van der Waals surface area contributed by atoms with Crippen molar-refractivity contribution < 1.29 is 90.8 Å². The van der Waals surface area contributed by atoms with Crippen molar-refractivity contribution in [2.45, 2.75) is 202 Å². The largest absolute Gasteiger partial charge is 0.508 e. The van der Waals surface area contributed by atoms with Gasteiger partial charge in [-0.1, -0.05) is 64.7 Å². The molecule has 16 rings (SSSR count). The highest BCUT2D eigenvalue weighted by molar-refractivity contribution is 6.33. The number of hydrazone groups is 4. The normalized spacial score (nSPS) is 23.2. The van der Waals surface area contributed by atoms with Gasteiger partial charge in [0.05, 0.1) is 143 Å². The van der Waals surface area contributed by atoms with Crippen LogP contribution in [0.1, 0.15) is 157 Å². The van der Waals surface area contributed by atoms with Crippen LogP contribution in [0, 0.1) is 47.1 Å². The number of carbonyl (C=O) groups is 4. The molecule has 8 aliphatic heterocycles. The van der Waals surface area contributed by atoms with Crippen LogP contribution < -0.4 is 72.8 Å². The number of halogens is 4. The van der Waals surface area contributed by atoms with E-state index < -0.39 is 30.9 Å². The molecular weight excluding hydrogens is 1790 g/mol. The van der Waals surface area contributed by atoms with Gasteiger partial charge in [-0.05, 0) is 169 Å². The summed E-state index contributed by atoms with van der Waals surface area (Å²) in [5, 5.41) is 73.8. The Kier molecular flexibility index (Phi) is 32.9. The number of aromatic hydroxyl groups is 1. The van der Waals surface area contributed by atoms with Crippen LogP contribution in [-0.2, 0) is 19.2 Å². The van der Waals surface area contributed by atoms with Gasteiger partial charge in [-0.25, -0.2) is 18.7 Å². The van der Waals surface area contributed by atoms with E-state index in [0.29, 0.717) is 84.6 Å². The highest BCUT2D eigenvalue weighted by atomic mass is 35.5. The van der Waals surface area contributed by atoms with Crippen molar-refractivity contribution in [3.63, 3.8) is 0 Å². The number of ether oxygens (including phenoxy) is 7. The molecule has 0 saturated carbocycles. The molecule has 728 valence electrons. The number of benzene rings is 6. The Balaban J connectivity index is 0.000000156. The molecular formula is C102H126Cl2F2N14O16. The first-order chi connectivity index (χ1) is 66.4. The zero-order valence-corrected chi connectivity index (χ0v) is 80.5. The number of aromatic nitrogens is 2. The van der Waals surface area contributed by atoms with Crippen LogP contribution in [0.25, 0.3) is 0 Å². The van der Waals surface area contributed by atoms with Crippen LogP contribution in [0.5, 0.6) is 46.3 Å². The molecule has 0 aliphatic carbocycles. The van der Waals surface area contributed by atoms with Crippen molar-refractivity contribution in [2.24, 2.45) is 55.9 Å². The maximum atomic E-state index is 14.3. The molecule has 8 aliphatic rings. The number of rotatable bonds is 30. The van der Waals surface area contributed by atoms with E-state index in [1.54, 1.807) is 41.5 Å². The van der Waals surface area contributed by atoms with Gasteiger partial charge in [-0.15, -0.1) is 0 Å². The van der Waals surface area contributed by atoms with Gasteiger partial charge in [0, 0.05) is 174 Å². The number of phenols is 1. The molecule has 2 aromatic heterocycles. The minimum atomic E-state index is -2.59. The number of carboxylic acids is 4. The molecule has 4 saturated heterocycles. The summed E-state index contributed by atoms with van der Waals surface area (Å²) in [5.74, 6) is 1.25. The molecule has 0 radical (unpaired) electrons. The fraction of sp³-hybridized carbons (Fsp3) is 0.471. The minimum Gasteiger partial charge on any atom is -0.508 e. The second kappa shape index (κ2) is 46.3. The number of methoxy groups -OCH3 is 2. The highest BCUT2D eigenvalue weighted by Crippen LogP contribution is 2.42. The average molecular weight is 1920 g/mol. The summed E-state index contributed by atoms with van der Waals surface area (Å²) >= 11 is 12.8. The van der Waals surface area contributed by atoms with Gasteiger partial charge in [0.1, 0.15) is 70.5 Å². The number of phenolic OH excluding ortho intramolecular Hbond substituents is 1. The highest BCUT2D eigenvalue weighted by Gasteiger charge is 2.42. The van der Waals surface area contributed by atoms with Crippen molar-refractivity contribution >= 4 is 115 Å². The van der Waals surface area contributed by atoms with Crippen LogP contribution in [0.4, 0.5) is 54.3 Å². The van der Waals surface area contributed by atoms with Gasteiger partial charge >= 0.3 is 23.9 Å². The van der Waals surface area contributed by atoms with Crippen LogP contribution >= 0.6 is 23.2 Å². The smallest absolute Gasteiger partial charge is 0.305 e. The van der Waals surface area contributed by atoms with Crippen molar-refractivity contribution in [3.05, 3.63) is 180 Å². The quantitative estimate of drug-likeness (QED) is 0.0279. The number of aliphatic carboxylic acids is 4. The van der Waals surface area contributed by atoms with E-state index in [-0.39, 0.29) is 133 Å². The first-order valence-corrected chi connectivity index (χ1v) is 47.4. The van der Waals surface area contributed by atoms with E-state index in [2.05, 4.69) is 67.9 Å². The van der Waals surface area contributed by atoms with Crippen molar-refractivity contribution in [3.8, 4) is 46.3 Å². The monoisotopic (exact) mass is 1910 g/mol. The van der Waals surface area contributed by atoms with Crippen molar-refractivity contribution in [1.29, 1.82) is 0 Å². The molecule has 12 unspecified atom stereocenters. The fourth-order valence-corrected chi connectivity index (χ4v) is 19.6. The lowest BCUT2D eigenvalue weighted by molar-refractivity contribution is -0.138. The molecule has 34 heteroatoms. The third-order valence-electron chi connectivity index (χ3n) is 26.8. The number of hydrogen-bond donors (Lipinski definition) is 5. The molecule has 10 heterocycles. The lowest BCUT2D eigenvalue weighted by atomic mass is 9.91. The summed E-state index contributed by atoms with van der Waals surface area (Å²) in [6, 6.07) is 42.2. The number of hydrogen-bond acceptors (Lipinski definition) is 26.